The minimum absolute atomic E-state index is 0.0267. The second kappa shape index (κ2) is 7.58. The second-order valence-electron chi connectivity index (χ2n) is 6.32. The van der Waals surface area contributed by atoms with E-state index in [2.05, 4.69) is 20.8 Å². The zero-order chi connectivity index (χ0) is 20.4. The summed E-state index contributed by atoms with van der Waals surface area (Å²) in [5.74, 6) is -1.21. The van der Waals surface area contributed by atoms with Gasteiger partial charge < -0.3 is 5.32 Å². The molecule has 1 aliphatic heterocycles. The highest BCUT2D eigenvalue weighted by Gasteiger charge is 2.34. The standard InChI is InChI=1S/C19H15FN6O3/c20-12-5-7-13(8-6-12)26-16(22-23-24-26)11-21-17(27)9-10-25-18(28)14-3-1-2-4-15(14)19(25)29/h1-8H,9-11H2,(H,21,27). The molecule has 0 fully saturated rings. The van der Waals surface area contributed by atoms with Crippen molar-refractivity contribution in [3.8, 4) is 5.69 Å². The Kier molecular flexibility index (Phi) is 4.82. The molecule has 0 saturated carbocycles. The predicted octanol–water partition coefficient (Wildman–Crippen LogP) is 1.10. The van der Waals surface area contributed by atoms with Gasteiger partial charge in [0.15, 0.2) is 5.82 Å². The van der Waals surface area contributed by atoms with Crippen molar-refractivity contribution in [2.75, 3.05) is 6.54 Å². The number of amides is 3. The van der Waals surface area contributed by atoms with Gasteiger partial charge in [-0.1, -0.05) is 12.1 Å². The average Bonchev–Trinajstić information content (AvgIpc) is 3.29. The number of halogens is 1. The van der Waals surface area contributed by atoms with E-state index in [1.165, 1.54) is 28.9 Å². The van der Waals surface area contributed by atoms with Crippen molar-refractivity contribution in [1.29, 1.82) is 0 Å². The van der Waals surface area contributed by atoms with Crippen molar-refractivity contribution in [3.05, 3.63) is 71.3 Å². The highest BCUT2D eigenvalue weighted by Crippen LogP contribution is 2.22. The molecule has 0 atom stereocenters. The van der Waals surface area contributed by atoms with Crippen molar-refractivity contribution < 1.29 is 18.8 Å². The fourth-order valence-corrected chi connectivity index (χ4v) is 3.02. The number of carbonyl (C=O) groups excluding carboxylic acids is 3. The lowest BCUT2D eigenvalue weighted by atomic mass is 10.1. The Morgan fingerprint density at radius 2 is 1.66 bits per heavy atom. The minimum atomic E-state index is -0.404. The normalized spacial score (nSPS) is 12.9. The van der Waals surface area contributed by atoms with Gasteiger partial charge in [0, 0.05) is 13.0 Å². The molecule has 29 heavy (non-hydrogen) atoms. The quantitative estimate of drug-likeness (QED) is 0.627. The van der Waals surface area contributed by atoms with Gasteiger partial charge >= 0.3 is 0 Å². The Morgan fingerprint density at radius 3 is 2.31 bits per heavy atom. The van der Waals surface area contributed by atoms with E-state index in [9.17, 15) is 18.8 Å². The number of imide groups is 1. The maximum absolute atomic E-state index is 13.1. The Hall–Kier alpha value is -3.95. The van der Waals surface area contributed by atoms with Crippen LogP contribution < -0.4 is 5.32 Å². The van der Waals surface area contributed by atoms with Crippen molar-refractivity contribution in [1.82, 2.24) is 30.4 Å². The van der Waals surface area contributed by atoms with Crippen LogP contribution in [0.2, 0.25) is 0 Å². The van der Waals surface area contributed by atoms with Gasteiger partial charge in [0.2, 0.25) is 5.91 Å². The summed E-state index contributed by atoms with van der Waals surface area (Å²) in [6, 6.07) is 12.1. The molecule has 1 aliphatic rings. The number of carbonyl (C=O) groups is 3. The molecule has 0 saturated heterocycles. The van der Waals surface area contributed by atoms with Crippen molar-refractivity contribution in [2.45, 2.75) is 13.0 Å². The summed E-state index contributed by atoms with van der Waals surface area (Å²) in [4.78, 5) is 37.9. The summed E-state index contributed by atoms with van der Waals surface area (Å²) in [6.45, 7) is 0.00636. The SMILES string of the molecule is O=C(CCN1C(=O)c2ccccc2C1=O)NCc1nnnn1-c1ccc(F)cc1. The number of fused-ring (bicyclic) bond motifs is 1. The maximum Gasteiger partial charge on any atom is 0.261 e. The third-order valence-corrected chi connectivity index (χ3v) is 4.49. The number of rotatable bonds is 6. The van der Waals surface area contributed by atoms with E-state index in [4.69, 9.17) is 0 Å². The Morgan fingerprint density at radius 1 is 1.00 bits per heavy atom. The van der Waals surface area contributed by atoms with E-state index in [0.29, 0.717) is 22.6 Å². The average molecular weight is 394 g/mol. The molecule has 0 spiro atoms. The van der Waals surface area contributed by atoms with Gasteiger partial charge in [0.05, 0.1) is 23.4 Å². The molecule has 1 aromatic heterocycles. The molecule has 146 valence electrons. The third kappa shape index (κ3) is 3.59. The van der Waals surface area contributed by atoms with Crippen LogP contribution in [0.5, 0.6) is 0 Å². The Balaban J connectivity index is 1.34. The first kappa shape index (κ1) is 18.4. The molecule has 9 nitrogen and oxygen atoms in total. The van der Waals surface area contributed by atoms with E-state index in [1.807, 2.05) is 0 Å². The van der Waals surface area contributed by atoms with E-state index in [-0.39, 0.29) is 31.2 Å². The topological polar surface area (TPSA) is 110 Å². The van der Waals surface area contributed by atoms with Crippen LogP contribution in [-0.2, 0) is 11.3 Å². The third-order valence-electron chi connectivity index (χ3n) is 4.49. The molecule has 3 aromatic rings. The van der Waals surface area contributed by atoms with E-state index in [0.717, 1.165) is 4.90 Å². The van der Waals surface area contributed by atoms with Crippen LogP contribution in [0.4, 0.5) is 4.39 Å². The van der Waals surface area contributed by atoms with Gasteiger partial charge in [-0.25, -0.2) is 4.39 Å². The zero-order valence-electron chi connectivity index (χ0n) is 15.1. The molecule has 0 bridgehead atoms. The summed E-state index contributed by atoms with van der Waals surface area (Å²) in [7, 11) is 0. The van der Waals surface area contributed by atoms with Crippen molar-refractivity contribution in [2.24, 2.45) is 0 Å². The van der Waals surface area contributed by atoms with Crippen LogP contribution >= 0.6 is 0 Å². The minimum Gasteiger partial charge on any atom is -0.349 e. The van der Waals surface area contributed by atoms with Gasteiger partial charge in [-0.3, -0.25) is 19.3 Å². The summed E-state index contributed by atoms with van der Waals surface area (Å²) in [5.41, 5.74) is 1.24. The molecule has 3 amide bonds. The number of hydrogen-bond donors (Lipinski definition) is 1. The van der Waals surface area contributed by atoms with Crippen LogP contribution in [0, 0.1) is 5.82 Å². The van der Waals surface area contributed by atoms with Gasteiger partial charge in [-0.05, 0) is 46.8 Å². The largest absolute Gasteiger partial charge is 0.349 e. The molecule has 2 aromatic carbocycles. The van der Waals surface area contributed by atoms with Crippen LogP contribution in [0.15, 0.2) is 48.5 Å². The summed E-state index contributed by atoms with van der Waals surface area (Å²) in [6.07, 6.45) is -0.0520. The van der Waals surface area contributed by atoms with Crippen LogP contribution in [0.25, 0.3) is 5.69 Å². The second-order valence-corrected chi connectivity index (χ2v) is 6.32. The first-order valence-corrected chi connectivity index (χ1v) is 8.79. The molecule has 10 heteroatoms. The highest BCUT2D eigenvalue weighted by molar-refractivity contribution is 6.21. The lowest BCUT2D eigenvalue weighted by Gasteiger charge is -2.13. The molecule has 1 N–H and O–H groups in total. The van der Waals surface area contributed by atoms with Gasteiger partial charge in [-0.2, -0.15) is 4.68 Å². The molecular weight excluding hydrogens is 379 g/mol. The summed E-state index contributed by atoms with van der Waals surface area (Å²) < 4.78 is 14.4. The lowest BCUT2D eigenvalue weighted by molar-refractivity contribution is -0.121. The molecule has 0 unspecified atom stereocenters. The van der Waals surface area contributed by atoms with Crippen LogP contribution in [-0.4, -0.2) is 49.4 Å². The van der Waals surface area contributed by atoms with Crippen LogP contribution in [0.1, 0.15) is 33.0 Å². The van der Waals surface area contributed by atoms with Crippen molar-refractivity contribution in [3.63, 3.8) is 0 Å². The Bertz CT molecular complexity index is 1060. The van der Waals surface area contributed by atoms with Gasteiger partial charge in [-0.15, -0.1) is 5.10 Å². The molecule has 4 rings (SSSR count). The number of aromatic nitrogens is 4. The first-order chi connectivity index (χ1) is 14.0. The van der Waals surface area contributed by atoms with E-state index >= 15 is 0 Å². The fourth-order valence-electron chi connectivity index (χ4n) is 3.02. The maximum atomic E-state index is 13.1. The number of nitrogens with one attached hydrogen (secondary N) is 1. The summed E-state index contributed by atoms with van der Waals surface area (Å²) >= 11 is 0. The first-order valence-electron chi connectivity index (χ1n) is 8.79. The van der Waals surface area contributed by atoms with Crippen LogP contribution in [0.3, 0.4) is 0 Å². The number of benzene rings is 2. The summed E-state index contributed by atoms with van der Waals surface area (Å²) in [5, 5.41) is 13.9. The van der Waals surface area contributed by atoms with E-state index < -0.39 is 11.8 Å². The fraction of sp³-hybridized carbons (Fsp3) is 0.158. The molecule has 0 radical (unpaired) electrons. The smallest absolute Gasteiger partial charge is 0.261 e. The zero-order valence-corrected chi connectivity index (χ0v) is 15.1. The monoisotopic (exact) mass is 394 g/mol. The molecular formula is C19H15FN6O3. The number of tetrazole rings is 1. The predicted molar refractivity (Wildman–Crippen MR) is 97.4 cm³/mol. The number of nitrogens with zero attached hydrogens (tertiary/aromatic N) is 5. The number of hydrogen-bond acceptors (Lipinski definition) is 6. The van der Waals surface area contributed by atoms with Gasteiger partial charge in [0.25, 0.3) is 11.8 Å². The van der Waals surface area contributed by atoms with Crippen molar-refractivity contribution >= 4 is 17.7 Å². The highest BCUT2D eigenvalue weighted by atomic mass is 19.1. The Labute approximate surface area is 164 Å². The van der Waals surface area contributed by atoms with E-state index in [1.54, 1.807) is 24.3 Å². The molecule has 2 heterocycles. The van der Waals surface area contributed by atoms with Gasteiger partial charge in [0.1, 0.15) is 5.82 Å². The lowest BCUT2D eigenvalue weighted by Crippen LogP contribution is -2.34. The molecule has 0 aliphatic carbocycles.